The van der Waals surface area contributed by atoms with Crippen LogP contribution >= 0.6 is 34.8 Å². The van der Waals surface area contributed by atoms with Gasteiger partial charge in [0.05, 0.1) is 11.9 Å². The van der Waals surface area contributed by atoms with Crippen molar-refractivity contribution in [1.82, 2.24) is 4.98 Å². The number of benzene rings is 3. The van der Waals surface area contributed by atoms with Crippen molar-refractivity contribution in [1.29, 1.82) is 0 Å². The van der Waals surface area contributed by atoms with Gasteiger partial charge in [0, 0.05) is 5.56 Å². The lowest BCUT2D eigenvalue weighted by atomic mass is 9.97. The molecule has 0 aliphatic heterocycles. The molecule has 0 unspecified atom stereocenters. The van der Waals surface area contributed by atoms with Crippen LogP contribution in [0.1, 0.15) is 16.1 Å². The van der Waals surface area contributed by atoms with Gasteiger partial charge in [0.25, 0.3) is 0 Å². The van der Waals surface area contributed by atoms with Crippen LogP contribution in [0, 0.1) is 0 Å². The molecule has 1 aromatic heterocycles. The van der Waals surface area contributed by atoms with Crippen molar-refractivity contribution in [2.45, 2.75) is 0 Å². The lowest BCUT2D eigenvalue weighted by Crippen LogP contribution is -2.05. The lowest BCUT2D eigenvalue weighted by molar-refractivity contribution is 0.0691. The van der Waals surface area contributed by atoms with Gasteiger partial charge >= 0.3 is 5.97 Å². The van der Waals surface area contributed by atoms with E-state index in [1.807, 2.05) is 48.5 Å². The average molecular weight is 445 g/mol. The number of anilines is 1. The van der Waals surface area contributed by atoms with Gasteiger partial charge in [-0.25, -0.2) is 9.78 Å². The summed E-state index contributed by atoms with van der Waals surface area (Å²) < 4.78 is 0. The molecule has 0 spiro atoms. The highest BCUT2D eigenvalue weighted by molar-refractivity contribution is 6.46. The number of hydrazone groups is 1. The Labute approximate surface area is 180 Å². The highest BCUT2D eigenvalue weighted by atomic mass is 35.5. The number of aromatic nitrogens is 1. The van der Waals surface area contributed by atoms with Gasteiger partial charge in [0.2, 0.25) is 0 Å². The van der Waals surface area contributed by atoms with Gasteiger partial charge in [-0.2, -0.15) is 5.10 Å². The summed E-state index contributed by atoms with van der Waals surface area (Å²) >= 11 is 18.2. The summed E-state index contributed by atoms with van der Waals surface area (Å²) in [4.78, 5) is 15.0. The molecule has 0 aliphatic carbocycles. The first-order valence-corrected chi connectivity index (χ1v) is 9.58. The molecule has 0 atom stereocenters. The Hall–Kier alpha value is -2.86. The molecule has 144 valence electrons. The maximum absolute atomic E-state index is 11.3. The van der Waals surface area contributed by atoms with E-state index in [9.17, 15) is 9.90 Å². The highest BCUT2D eigenvalue weighted by Gasteiger charge is 2.20. The molecule has 4 aromatic rings. The van der Waals surface area contributed by atoms with Crippen LogP contribution in [0.5, 0.6) is 0 Å². The van der Waals surface area contributed by atoms with E-state index in [0.29, 0.717) is 0 Å². The number of carbonyl (C=O) groups is 1. The molecule has 8 heteroatoms. The van der Waals surface area contributed by atoms with Crippen LogP contribution in [0.4, 0.5) is 5.69 Å². The van der Waals surface area contributed by atoms with E-state index < -0.39 is 11.7 Å². The summed E-state index contributed by atoms with van der Waals surface area (Å²) in [5.74, 6) is -1.32. The molecule has 1 heterocycles. The Morgan fingerprint density at radius 1 is 0.966 bits per heavy atom. The molecule has 0 aliphatic rings. The van der Waals surface area contributed by atoms with Crippen molar-refractivity contribution < 1.29 is 9.90 Å². The van der Waals surface area contributed by atoms with Crippen molar-refractivity contribution >= 4 is 74.2 Å². The number of hydrogen-bond donors (Lipinski definition) is 2. The van der Waals surface area contributed by atoms with Crippen molar-refractivity contribution in [2.75, 3.05) is 5.43 Å². The second kappa shape index (κ2) is 7.87. The lowest BCUT2D eigenvalue weighted by Gasteiger charge is -2.10. The van der Waals surface area contributed by atoms with Gasteiger partial charge in [-0.3, -0.25) is 5.43 Å². The molecule has 2 N–H and O–H groups in total. The fourth-order valence-electron chi connectivity index (χ4n) is 3.10. The Balaban J connectivity index is 1.81. The first-order chi connectivity index (χ1) is 14.0. The van der Waals surface area contributed by atoms with E-state index in [1.165, 1.54) is 0 Å². The van der Waals surface area contributed by atoms with Crippen LogP contribution in [-0.4, -0.2) is 22.3 Å². The molecule has 0 saturated heterocycles. The molecular formula is C21H12Cl3N3O2. The normalized spacial score (nSPS) is 11.4. The second-order valence-corrected chi connectivity index (χ2v) is 7.28. The number of aromatic carboxylic acids is 1. The molecule has 5 nitrogen and oxygen atoms in total. The SMILES string of the molecule is O=C(O)c1nc(Cl)c(Cl)c(N/N=C/c2c3ccccc3cc3ccccc23)c1Cl. The zero-order valence-electron chi connectivity index (χ0n) is 14.7. The minimum atomic E-state index is -1.32. The summed E-state index contributed by atoms with van der Waals surface area (Å²) in [6, 6.07) is 18.1. The Bertz CT molecular complexity index is 1250. The number of hydrogen-bond acceptors (Lipinski definition) is 4. The maximum atomic E-state index is 11.3. The number of nitrogens with one attached hydrogen (secondary N) is 1. The third-order valence-electron chi connectivity index (χ3n) is 4.42. The summed E-state index contributed by atoms with van der Waals surface area (Å²) in [7, 11) is 0. The summed E-state index contributed by atoms with van der Waals surface area (Å²) in [5, 5.41) is 17.3. The molecule has 0 radical (unpaired) electrons. The third kappa shape index (κ3) is 3.60. The van der Waals surface area contributed by atoms with E-state index in [0.717, 1.165) is 27.1 Å². The molecule has 0 bridgehead atoms. The first-order valence-electron chi connectivity index (χ1n) is 8.44. The van der Waals surface area contributed by atoms with Gasteiger partial charge in [-0.1, -0.05) is 83.3 Å². The quantitative estimate of drug-likeness (QED) is 0.163. The molecule has 0 amide bonds. The first kappa shape index (κ1) is 19.5. The number of halogens is 3. The van der Waals surface area contributed by atoms with Gasteiger partial charge in [0.15, 0.2) is 10.8 Å². The van der Waals surface area contributed by atoms with E-state index >= 15 is 0 Å². The number of pyridine rings is 1. The average Bonchev–Trinajstić information content (AvgIpc) is 2.72. The second-order valence-electron chi connectivity index (χ2n) is 6.16. The van der Waals surface area contributed by atoms with Crippen LogP contribution in [0.3, 0.4) is 0 Å². The third-order valence-corrected chi connectivity index (χ3v) is 5.53. The van der Waals surface area contributed by atoms with Gasteiger partial charge in [-0.05, 0) is 27.6 Å². The van der Waals surface area contributed by atoms with Gasteiger partial charge in [-0.15, -0.1) is 0 Å². The number of carboxylic acids is 1. The maximum Gasteiger partial charge on any atom is 0.356 e. The Morgan fingerprint density at radius 2 is 1.55 bits per heavy atom. The number of carboxylic acid groups (broad SMARTS) is 1. The predicted molar refractivity (Wildman–Crippen MR) is 119 cm³/mol. The monoisotopic (exact) mass is 443 g/mol. The predicted octanol–water partition coefficient (Wildman–Crippen LogP) is 6.49. The van der Waals surface area contributed by atoms with Gasteiger partial charge < -0.3 is 5.11 Å². The summed E-state index contributed by atoms with van der Waals surface area (Å²) in [5.41, 5.74) is 3.28. The minimum Gasteiger partial charge on any atom is -0.476 e. The standard InChI is InChI=1S/C21H12Cl3N3O2/c22-16-18(17(23)20(24)26-19(16)21(28)29)27-25-10-15-13-7-3-1-5-11(13)9-12-6-2-4-8-14(12)15/h1-10H,(H,26,27)(H,28,29)/b25-10+. The van der Waals surface area contributed by atoms with Crippen LogP contribution in [0.2, 0.25) is 15.2 Å². The van der Waals surface area contributed by atoms with Crippen LogP contribution in [0.25, 0.3) is 21.5 Å². The molecule has 29 heavy (non-hydrogen) atoms. The number of nitrogens with zero attached hydrogens (tertiary/aromatic N) is 2. The van der Waals surface area contributed by atoms with Crippen molar-refractivity contribution in [3.8, 4) is 0 Å². The van der Waals surface area contributed by atoms with E-state index in [1.54, 1.807) is 6.21 Å². The molecular weight excluding hydrogens is 433 g/mol. The zero-order valence-corrected chi connectivity index (χ0v) is 16.9. The highest BCUT2D eigenvalue weighted by Crippen LogP contribution is 2.37. The minimum absolute atomic E-state index is 0.0124. The Morgan fingerprint density at radius 3 is 2.14 bits per heavy atom. The van der Waals surface area contributed by atoms with E-state index in [-0.39, 0.29) is 20.9 Å². The summed E-state index contributed by atoms with van der Waals surface area (Å²) in [6.45, 7) is 0. The van der Waals surface area contributed by atoms with E-state index in [2.05, 4.69) is 21.6 Å². The fourth-order valence-corrected chi connectivity index (χ4v) is 3.77. The molecule has 0 saturated carbocycles. The van der Waals surface area contributed by atoms with Crippen molar-refractivity contribution in [3.05, 3.63) is 81.1 Å². The van der Waals surface area contributed by atoms with Crippen LogP contribution in [0.15, 0.2) is 59.7 Å². The van der Waals surface area contributed by atoms with E-state index in [4.69, 9.17) is 34.8 Å². The molecule has 3 aromatic carbocycles. The van der Waals surface area contributed by atoms with Gasteiger partial charge in [0.1, 0.15) is 10.0 Å². The summed E-state index contributed by atoms with van der Waals surface area (Å²) in [6.07, 6.45) is 1.64. The van der Waals surface area contributed by atoms with Crippen molar-refractivity contribution in [3.63, 3.8) is 0 Å². The topological polar surface area (TPSA) is 74.6 Å². The van der Waals surface area contributed by atoms with Crippen LogP contribution < -0.4 is 5.43 Å². The van der Waals surface area contributed by atoms with Crippen LogP contribution in [-0.2, 0) is 0 Å². The zero-order chi connectivity index (χ0) is 20.5. The smallest absolute Gasteiger partial charge is 0.356 e. The largest absolute Gasteiger partial charge is 0.476 e. The Kier molecular flexibility index (Phi) is 5.28. The fraction of sp³-hybridized carbons (Fsp3) is 0. The van der Waals surface area contributed by atoms with Crippen molar-refractivity contribution in [2.24, 2.45) is 5.10 Å². The molecule has 4 rings (SSSR count). The number of rotatable bonds is 4. The number of fused-ring (bicyclic) bond motifs is 2. The molecule has 0 fully saturated rings.